The van der Waals surface area contributed by atoms with E-state index in [0.29, 0.717) is 30.0 Å². The Morgan fingerprint density at radius 2 is 1.94 bits per heavy atom. The minimum absolute atomic E-state index is 0.179. The Morgan fingerprint density at radius 3 is 2.61 bits per heavy atom. The van der Waals surface area contributed by atoms with Gasteiger partial charge in [0.05, 0.1) is 11.1 Å². The van der Waals surface area contributed by atoms with Gasteiger partial charge in [0.1, 0.15) is 17.7 Å². The molecule has 1 aliphatic carbocycles. The second-order valence-electron chi connectivity index (χ2n) is 8.26. The van der Waals surface area contributed by atoms with Crippen LogP contribution >= 0.6 is 0 Å². The van der Waals surface area contributed by atoms with Crippen LogP contribution < -0.4 is 4.74 Å². The number of hydrogen-bond donors (Lipinski definition) is 1. The summed E-state index contributed by atoms with van der Waals surface area (Å²) in [6.07, 6.45) is -1.26. The summed E-state index contributed by atoms with van der Waals surface area (Å²) in [6, 6.07) is 7.82. The summed E-state index contributed by atoms with van der Waals surface area (Å²) in [7, 11) is 0. The smallest absolute Gasteiger partial charge is 0.416 e. The number of piperidine rings is 1. The van der Waals surface area contributed by atoms with Crippen molar-refractivity contribution in [2.24, 2.45) is 0 Å². The monoisotopic (exact) mass is 437 g/mol. The number of hydrogen-bond acceptors (Lipinski definition) is 3. The fraction of sp³-hybridized carbons (Fsp3) is 0.435. The molecule has 2 aliphatic rings. The summed E-state index contributed by atoms with van der Waals surface area (Å²) in [5.74, 6) is -1.59. The van der Waals surface area contributed by atoms with Gasteiger partial charge in [-0.05, 0) is 61.4 Å². The molecule has 1 saturated carbocycles. The van der Waals surface area contributed by atoms with Crippen molar-refractivity contribution in [2.75, 3.05) is 13.1 Å². The standard InChI is InChI=1S/C23H23F4NO3/c24-20-11-21(18(15-6-7-15)10-19(20)22(29)30)31-17-5-2-8-28(13-17)12-14-3-1-4-16(9-14)23(25,26)27/h1,3-4,9-11,15,17H,2,5-8,12-13H2,(H,29,30). The highest BCUT2D eigenvalue weighted by Gasteiger charge is 2.32. The van der Waals surface area contributed by atoms with Gasteiger partial charge in [-0.25, -0.2) is 9.18 Å². The number of nitrogens with zero attached hydrogens (tertiary/aromatic N) is 1. The average molecular weight is 437 g/mol. The molecule has 2 aromatic carbocycles. The van der Waals surface area contributed by atoms with Crippen LogP contribution in [0.4, 0.5) is 17.6 Å². The van der Waals surface area contributed by atoms with Gasteiger partial charge in [0.25, 0.3) is 0 Å². The van der Waals surface area contributed by atoms with E-state index in [0.717, 1.165) is 50.4 Å². The van der Waals surface area contributed by atoms with Crippen LogP contribution in [-0.2, 0) is 12.7 Å². The van der Waals surface area contributed by atoms with E-state index in [2.05, 4.69) is 0 Å². The molecular formula is C23H23F4NO3. The number of halogens is 4. The molecule has 0 amide bonds. The zero-order chi connectivity index (χ0) is 22.2. The van der Waals surface area contributed by atoms with Gasteiger partial charge in [-0.2, -0.15) is 13.2 Å². The van der Waals surface area contributed by atoms with E-state index in [9.17, 15) is 27.5 Å². The van der Waals surface area contributed by atoms with Crippen molar-refractivity contribution < 1.29 is 32.2 Å². The zero-order valence-electron chi connectivity index (χ0n) is 16.8. The second kappa shape index (κ2) is 8.49. The van der Waals surface area contributed by atoms with Gasteiger partial charge in [-0.3, -0.25) is 4.90 Å². The summed E-state index contributed by atoms with van der Waals surface area (Å²) in [6.45, 7) is 1.60. The molecule has 1 heterocycles. The summed E-state index contributed by atoms with van der Waals surface area (Å²) in [4.78, 5) is 13.3. The number of rotatable bonds is 6. The van der Waals surface area contributed by atoms with E-state index in [1.807, 2.05) is 4.90 Å². The molecule has 1 unspecified atom stereocenters. The highest BCUT2D eigenvalue weighted by molar-refractivity contribution is 5.88. The summed E-state index contributed by atoms with van der Waals surface area (Å²) >= 11 is 0. The predicted molar refractivity (Wildman–Crippen MR) is 106 cm³/mol. The van der Waals surface area contributed by atoms with Crippen LogP contribution in [0, 0.1) is 5.82 Å². The van der Waals surface area contributed by atoms with Crippen molar-refractivity contribution in [3.05, 3.63) is 64.5 Å². The van der Waals surface area contributed by atoms with Crippen LogP contribution in [-0.4, -0.2) is 35.2 Å². The first kappa shape index (κ1) is 21.6. The molecule has 0 bridgehead atoms. The topological polar surface area (TPSA) is 49.8 Å². The lowest BCUT2D eigenvalue weighted by molar-refractivity contribution is -0.137. The summed E-state index contributed by atoms with van der Waals surface area (Å²) in [5.41, 5.74) is 0.266. The largest absolute Gasteiger partial charge is 0.489 e. The van der Waals surface area contributed by atoms with E-state index < -0.39 is 23.5 Å². The van der Waals surface area contributed by atoms with Crippen LogP contribution in [0.1, 0.15) is 58.6 Å². The number of carboxylic acid groups (broad SMARTS) is 1. The first-order valence-corrected chi connectivity index (χ1v) is 10.3. The Kier molecular flexibility index (Phi) is 5.92. The number of carboxylic acids is 1. The Balaban J connectivity index is 1.46. The van der Waals surface area contributed by atoms with Crippen molar-refractivity contribution in [3.63, 3.8) is 0 Å². The van der Waals surface area contributed by atoms with Crippen molar-refractivity contribution in [1.29, 1.82) is 0 Å². The second-order valence-corrected chi connectivity index (χ2v) is 8.26. The van der Waals surface area contributed by atoms with Gasteiger partial charge < -0.3 is 9.84 Å². The van der Waals surface area contributed by atoms with Crippen LogP contribution in [0.5, 0.6) is 5.75 Å². The third-order valence-corrected chi connectivity index (χ3v) is 5.76. The fourth-order valence-corrected chi connectivity index (χ4v) is 4.09. The first-order valence-electron chi connectivity index (χ1n) is 10.3. The van der Waals surface area contributed by atoms with Crippen LogP contribution in [0.15, 0.2) is 36.4 Å². The number of benzene rings is 2. The zero-order valence-corrected chi connectivity index (χ0v) is 16.8. The van der Waals surface area contributed by atoms with Gasteiger partial charge in [0.2, 0.25) is 0 Å². The van der Waals surface area contributed by atoms with E-state index >= 15 is 0 Å². The van der Waals surface area contributed by atoms with Crippen molar-refractivity contribution in [1.82, 2.24) is 4.90 Å². The molecule has 166 valence electrons. The van der Waals surface area contributed by atoms with Crippen LogP contribution in [0.3, 0.4) is 0 Å². The summed E-state index contributed by atoms with van der Waals surface area (Å²) in [5, 5.41) is 9.19. The summed E-state index contributed by atoms with van der Waals surface area (Å²) < 4.78 is 59.3. The molecule has 1 saturated heterocycles. The minimum Gasteiger partial charge on any atom is -0.489 e. The molecule has 0 aromatic heterocycles. The molecule has 31 heavy (non-hydrogen) atoms. The Hall–Kier alpha value is -2.61. The van der Waals surface area contributed by atoms with Crippen LogP contribution in [0.25, 0.3) is 0 Å². The molecule has 1 atom stereocenters. The van der Waals surface area contributed by atoms with Gasteiger partial charge in [0.15, 0.2) is 0 Å². The molecule has 4 rings (SSSR count). The molecule has 2 fully saturated rings. The maximum Gasteiger partial charge on any atom is 0.416 e. The number of carbonyl (C=O) groups is 1. The predicted octanol–water partition coefficient (Wildman–Crippen LogP) is 5.46. The maximum absolute atomic E-state index is 14.3. The third-order valence-electron chi connectivity index (χ3n) is 5.76. The molecular weight excluding hydrogens is 414 g/mol. The molecule has 4 nitrogen and oxygen atoms in total. The normalized spacial score (nSPS) is 19.9. The van der Waals surface area contributed by atoms with Crippen molar-refractivity contribution in [2.45, 2.75) is 50.4 Å². The molecule has 1 aliphatic heterocycles. The van der Waals surface area contributed by atoms with E-state index in [1.165, 1.54) is 12.1 Å². The maximum atomic E-state index is 14.3. The first-order chi connectivity index (χ1) is 14.7. The van der Waals surface area contributed by atoms with Gasteiger partial charge >= 0.3 is 12.1 Å². The fourth-order valence-electron chi connectivity index (χ4n) is 4.09. The van der Waals surface area contributed by atoms with Crippen LogP contribution in [0.2, 0.25) is 0 Å². The molecule has 0 radical (unpaired) electrons. The number of alkyl halides is 3. The SMILES string of the molecule is O=C(O)c1cc(C2CC2)c(OC2CCCN(Cc3cccc(C(F)(F)F)c3)C2)cc1F. The quantitative estimate of drug-likeness (QED) is 0.610. The average Bonchev–Trinajstić information content (AvgIpc) is 3.53. The van der Waals surface area contributed by atoms with Gasteiger partial charge in [-0.15, -0.1) is 0 Å². The lowest BCUT2D eigenvalue weighted by Gasteiger charge is -2.33. The Morgan fingerprint density at radius 1 is 1.16 bits per heavy atom. The molecule has 2 aromatic rings. The highest BCUT2D eigenvalue weighted by atomic mass is 19.4. The van der Waals surface area contributed by atoms with Crippen molar-refractivity contribution in [3.8, 4) is 5.75 Å². The Labute approximate surface area is 177 Å². The number of aromatic carboxylic acids is 1. The van der Waals surface area contributed by atoms with Gasteiger partial charge in [-0.1, -0.05) is 18.2 Å². The van der Waals surface area contributed by atoms with E-state index in [4.69, 9.17) is 4.74 Å². The highest BCUT2D eigenvalue weighted by Crippen LogP contribution is 2.45. The lowest BCUT2D eigenvalue weighted by Crippen LogP contribution is -2.40. The lowest BCUT2D eigenvalue weighted by atomic mass is 10.0. The molecule has 8 heteroatoms. The van der Waals surface area contributed by atoms with Crippen molar-refractivity contribution >= 4 is 5.97 Å². The van der Waals surface area contributed by atoms with E-state index in [1.54, 1.807) is 6.07 Å². The molecule has 1 N–H and O–H groups in total. The Bertz CT molecular complexity index is 972. The molecule has 0 spiro atoms. The minimum atomic E-state index is -4.38. The van der Waals surface area contributed by atoms with Gasteiger partial charge in [0, 0.05) is 19.2 Å². The number of likely N-dealkylation sites (tertiary alicyclic amines) is 1. The van der Waals surface area contributed by atoms with E-state index in [-0.39, 0.29) is 17.6 Å². The third kappa shape index (κ3) is 5.18. The number of ether oxygens (including phenoxy) is 1.